The molecule has 3 nitrogen and oxygen atoms in total. The molecule has 0 saturated heterocycles. The summed E-state index contributed by atoms with van der Waals surface area (Å²) in [6.45, 7) is 3.58. The average molecular weight is 439 g/mol. The first-order valence-corrected chi connectivity index (χ1v) is 8.96. The maximum Gasteiger partial charge on any atom is 0.187 e. The number of anilines is 2. The first-order valence-electron chi connectivity index (χ1n) is 7.07. The van der Waals surface area contributed by atoms with E-state index in [4.69, 9.17) is 0 Å². The molecule has 0 aliphatic heterocycles. The van der Waals surface area contributed by atoms with E-state index in [2.05, 4.69) is 15.3 Å². The van der Waals surface area contributed by atoms with E-state index in [-0.39, 0.29) is 0 Å². The Kier molecular flexibility index (Phi) is 4.63. The molecule has 0 aliphatic rings. The smallest absolute Gasteiger partial charge is 0.187 e. The van der Waals surface area contributed by atoms with Gasteiger partial charge in [-0.2, -0.15) is 0 Å². The van der Waals surface area contributed by atoms with Crippen molar-refractivity contribution < 1.29 is 4.39 Å². The number of aryl methyl sites for hydroxylation is 1. The Labute approximate surface area is 152 Å². The third kappa shape index (κ3) is 3.87. The minimum Gasteiger partial charge on any atom is -0.332 e. The Hall–Kier alpha value is -1.54. The van der Waals surface area contributed by atoms with Gasteiger partial charge in [-0.1, -0.05) is 12.1 Å². The van der Waals surface area contributed by atoms with E-state index >= 15 is 0 Å². The molecule has 23 heavy (non-hydrogen) atoms. The molecule has 1 N–H and O–H groups in total. The van der Waals surface area contributed by atoms with E-state index in [1.54, 1.807) is 59.2 Å². The lowest BCUT2D eigenvalue weighted by Gasteiger charge is -2.13. The third-order valence-corrected chi connectivity index (χ3v) is 4.88. The lowest BCUT2D eigenvalue weighted by atomic mass is 10.1. The molecule has 6 heteroatoms. The van der Waals surface area contributed by atoms with Gasteiger partial charge in [-0.3, -0.25) is 4.98 Å². The number of halogens is 2. The van der Waals surface area contributed by atoms with Crippen molar-refractivity contribution in [2.45, 2.75) is 17.5 Å². The maximum absolute atomic E-state index is 13.9. The summed E-state index contributed by atoms with van der Waals surface area (Å²) in [5.41, 5.74) is 3.48. The molecule has 0 saturated carbocycles. The molecule has 0 bridgehead atoms. The van der Waals surface area contributed by atoms with Crippen molar-refractivity contribution in [1.82, 2.24) is 9.97 Å². The summed E-state index contributed by atoms with van der Waals surface area (Å²) in [6, 6.07) is 11.2. The number of rotatable bonds is 4. The largest absolute Gasteiger partial charge is 0.332 e. The summed E-state index contributed by atoms with van der Waals surface area (Å²) in [4.78, 5) is 9.90. The number of hydrogen-bond acceptors (Lipinski definition) is 4. The highest BCUT2D eigenvalue weighted by Gasteiger charge is 2.20. The van der Waals surface area contributed by atoms with Gasteiger partial charge in [-0.25, -0.2) is 9.37 Å². The molecule has 2 heterocycles. The van der Waals surface area contributed by atoms with Gasteiger partial charge in [0.15, 0.2) is 8.81 Å². The Bertz CT molecular complexity index is 795. The van der Waals surface area contributed by atoms with Crippen LogP contribution in [0.15, 0.2) is 48.8 Å². The zero-order chi connectivity index (χ0) is 16.4. The van der Waals surface area contributed by atoms with Gasteiger partial charge in [0.2, 0.25) is 0 Å². The lowest BCUT2D eigenvalue weighted by Crippen LogP contribution is -2.03. The van der Waals surface area contributed by atoms with Gasteiger partial charge in [0.25, 0.3) is 0 Å². The van der Waals surface area contributed by atoms with Crippen molar-refractivity contribution in [3.8, 4) is 11.3 Å². The van der Waals surface area contributed by atoms with Crippen LogP contribution in [0.4, 0.5) is 15.2 Å². The van der Waals surface area contributed by atoms with Crippen LogP contribution in [-0.2, 0) is 3.68 Å². The molecule has 0 aliphatic carbocycles. The van der Waals surface area contributed by atoms with Crippen LogP contribution >= 0.6 is 33.9 Å². The highest BCUT2D eigenvalue weighted by atomic mass is 127. The predicted octanol–water partition coefficient (Wildman–Crippen LogP) is 5.83. The summed E-state index contributed by atoms with van der Waals surface area (Å²) >= 11 is 3.38. The Balaban J connectivity index is 1.82. The number of alkyl halides is 2. The summed E-state index contributed by atoms with van der Waals surface area (Å²) in [7, 11) is 0. The van der Waals surface area contributed by atoms with Crippen LogP contribution in [-0.4, -0.2) is 9.97 Å². The van der Waals surface area contributed by atoms with E-state index in [9.17, 15) is 4.39 Å². The molecule has 0 amide bonds. The lowest BCUT2D eigenvalue weighted by molar-refractivity contribution is 0.349. The molecule has 3 aromatic rings. The fraction of sp³-hybridized carbons (Fsp3) is 0.176. The first-order chi connectivity index (χ1) is 10.9. The second-order valence-electron chi connectivity index (χ2n) is 5.26. The summed E-state index contributed by atoms with van der Waals surface area (Å²) < 4.78 is 12.5. The number of thiazole rings is 1. The highest BCUT2D eigenvalue weighted by molar-refractivity contribution is 14.1. The van der Waals surface area contributed by atoms with E-state index < -0.39 is 3.68 Å². The summed E-state index contributed by atoms with van der Waals surface area (Å²) in [6.07, 6.45) is 3.56. The number of pyridine rings is 1. The molecule has 1 aromatic carbocycles. The minimum atomic E-state index is -1.36. The molecule has 118 valence electrons. The average Bonchev–Trinajstić information content (AvgIpc) is 2.88. The molecule has 0 radical (unpaired) electrons. The van der Waals surface area contributed by atoms with Gasteiger partial charge in [-0.15, -0.1) is 11.3 Å². The van der Waals surface area contributed by atoms with Crippen molar-refractivity contribution in [1.29, 1.82) is 0 Å². The van der Waals surface area contributed by atoms with Gasteiger partial charge in [0.05, 0.1) is 5.69 Å². The SMILES string of the molecule is Cc1sc(Nc2ccc(C(C)(F)I)cc2)nc1-c1cccnc1. The predicted molar refractivity (Wildman–Crippen MR) is 102 cm³/mol. The minimum absolute atomic E-state index is 0.648. The van der Waals surface area contributed by atoms with Gasteiger partial charge < -0.3 is 5.32 Å². The van der Waals surface area contributed by atoms with Crippen LogP contribution in [0.1, 0.15) is 17.4 Å². The van der Waals surface area contributed by atoms with E-state index in [0.29, 0.717) is 5.56 Å². The fourth-order valence-corrected chi connectivity index (χ4v) is 3.41. The number of nitrogens with one attached hydrogen (secondary N) is 1. The molecule has 1 unspecified atom stereocenters. The van der Waals surface area contributed by atoms with E-state index in [0.717, 1.165) is 27.0 Å². The molecular weight excluding hydrogens is 424 g/mol. The Morgan fingerprint density at radius 2 is 1.96 bits per heavy atom. The molecular formula is C17H15FIN3S. The normalized spacial score (nSPS) is 13.6. The summed E-state index contributed by atoms with van der Waals surface area (Å²) in [5.74, 6) is 0. The Morgan fingerprint density at radius 1 is 1.22 bits per heavy atom. The number of benzene rings is 1. The van der Waals surface area contributed by atoms with Gasteiger partial charge in [0, 0.05) is 28.5 Å². The van der Waals surface area contributed by atoms with Gasteiger partial charge in [0.1, 0.15) is 0 Å². The molecule has 3 rings (SSSR count). The van der Waals surface area contributed by atoms with Crippen molar-refractivity contribution >= 4 is 44.7 Å². The quantitative estimate of drug-likeness (QED) is 0.410. The second-order valence-corrected chi connectivity index (χ2v) is 8.49. The zero-order valence-electron chi connectivity index (χ0n) is 12.7. The van der Waals surface area contributed by atoms with Crippen molar-refractivity contribution in [3.63, 3.8) is 0 Å². The maximum atomic E-state index is 13.9. The summed E-state index contributed by atoms with van der Waals surface area (Å²) in [5, 5.41) is 4.09. The first kappa shape index (κ1) is 16.3. The van der Waals surface area contributed by atoms with E-state index in [1.807, 2.05) is 37.4 Å². The van der Waals surface area contributed by atoms with Crippen LogP contribution < -0.4 is 5.32 Å². The zero-order valence-corrected chi connectivity index (χ0v) is 15.7. The van der Waals surface area contributed by atoms with Gasteiger partial charge >= 0.3 is 0 Å². The van der Waals surface area contributed by atoms with Crippen LogP contribution in [0.3, 0.4) is 0 Å². The van der Waals surface area contributed by atoms with Crippen molar-refractivity contribution in [3.05, 3.63) is 59.2 Å². The van der Waals surface area contributed by atoms with Crippen LogP contribution in [0.5, 0.6) is 0 Å². The highest BCUT2D eigenvalue weighted by Crippen LogP contribution is 2.35. The third-order valence-electron chi connectivity index (χ3n) is 3.37. The Morgan fingerprint density at radius 3 is 2.57 bits per heavy atom. The molecule has 2 aromatic heterocycles. The topological polar surface area (TPSA) is 37.8 Å². The molecule has 0 fully saturated rings. The van der Waals surface area contributed by atoms with E-state index in [1.165, 1.54) is 0 Å². The van der Waals surface area contributed by atoms with Crippen LogP contribution in [0, 0.1) is 6.92 Å². The number of nitrogens with zero attached hydrogens (tertiary/aromatic N) is 2. The molecule has 1 atom stereocenters. The fourth-order valence-electron chi connectivity index (χ4n) is 2.19. The monoisotopic (exact) mass is 439 g/mol. The number of hydrogen-bond donors (Lipinski definition) is 1. The number of aromatic nitrogens is 2. The molecule has 0 spiro atoms. The van der Waals surface area contributed by atoms with Crippen LogP contribution in [0.25, 0.3) is 11.3 Å². The van der Waals surface area contributed by atoms with Crippen molar-refractivity contribution in [2.75, 3.05) is 5.32 Å². The standard InChI is InChI=1S/C17H15FIN3S/c1-11-15(12-4-3-9-20-10-12)22-16(23-11)21-14-7-5-13(6-8-14)17(2,18)19/h3-10H,1-2H3,(H,21,22). The van der Waals surface area contributed by atoms with Crippen molar-refractivity contribution in [2.24, 2.45) is 0 Å². The second kappa shape index (κ2) is 6.52. The van der Waals surface area contributed by atoms with Crippen LogP contribution in [0.2, 0.25) is 0 Å². The van der Waals surface area contributed by atoms with Gasteiger partial charge in [-0.05, 0) is 66.3 Å².